The van der Waals surface area contributed by atoms with E-state index in [9.17, 15) is 0 Å². The fraction of sp³-hybridized carbons (Fsp3) is 0.273. The van der Waals surface area contributed by atoms with Gasteiger partial charge in [0.2, 0.25) is 0 Å². The predicted octanol–water partition coefficient (Wildman–Crippen LogP) is 1.73. The van der Waals surface area contributed by atoms with Gasteiger partial charge in [-0.05, 0) is 11.6 Å². The van der Waals surface area contributed by atoms with Crippen LogP contribution in [0.15, 0.2) is 30.6 Å². The number of aromatic nitrogens is 2. The third-order valence-corrected chi connectivity index (χ3v) is 2.41. The van der Waals surface area contributed by atoms with E-state index in [1.807, 2.05) is 25.1 Å². The lowest BCUT2D eigenvalue weighted by molar-refractivity contribution is 0.273. The monoisotopic (exact) mass is 188 g/mol. The molecular formula is C11H12N2O. The van der Waals surface area contributed by atoms with E-state index in [4.69, 9.17) is 5.11 Å². The Kier molecular flexibility index (Phi) is 2.41. The van der Waals surface area contributed by atoms with Gasteiger partial charge < -0.3 is 5.11 Å². The maximum absolute atomic E-state index is 9.03. The fourth-order valence-electron chi connectivity index (χ4n) is 1.43. The van der Waals surface area contributed by atoms with Gasteiger partial charge in [-0.25, -0.2) is 0 Å². The van der Waals surface area contributed by atoms with E-state index in [1.54, 1.807) is 12.4 Å². The van der Waals surface area contributed by atoms with Gasteiger partial charge in [0.1, 0.15) is 0 Å². The molecule has 0 amide bonds. The second kappa shape index (κ2) is 3.72. The Bertz CT molecular complexity index is 442. The normalized spacial score (nSPS) is 13.0. The van der Waals surface area contributed by atoms with Gasteiger partial charge in [-0.3, -0.25) is 0 Å². The lowest BCUT2D eigenvalue weighted by atomic mass is 10.00. The van der Waals surface area contributed by atoms with E-state index in [1.165, 1.54) is 0 Å². The van der Waals surface area contributed by atoms with Crippen molar-refractivity contribution in [3.63, 3.8) is 0 Å². The first-order valence-corrected chi connectivity index (χ1v) is 4.62. The molecule has 1 heterocycles. The second-order valence-electron chi connectivity index (χ2n) is 3.46. The van der Waals surface area contributed by atoms with Crippen LogP contribution in [0.5, 0.6) is 0 Å². The predicted molar refractivity (Wildman–Crippen MR) is 55.0 cm³/mol. The van der Waals surface area contributed by atoms with Crippen LogP contribution >= 0.6 is 0 Å². The molecule has 0 aliphatic carbocycles. The van der Waals surface area contributed by atoms with Crippen molar-refractivity contribution >= 4 is 10.8 Å². The summed E-state index contributed by atoms with van der Waals surface area (Å²) in [5.74, 6) is 0.174. The van der Waals surface area contributed by atoms with Gasteiger partial charge >= 0.3 is 0 Å². The molecule has 72 valence electrons. The SMILES string of the molecule is CC(CO)c1ccc2cnncc2c1. The maximum atomic E-state index is 9.03. The minimum Gasteiger partial charge on any atom is -0.396 e. The molecule has 0 aliphatic heterocycles. The number of aliphatic hydroxyl groups is 1. The summed E-state index contributed by atoms with van der Waals surface area (Å²) in [7, 11) is 0. The Morgan fingerprint density at radius 3 is 2.64 bits per heavy atom. The molecule has 1 N–H and O–H groups in total. The highest BCUT2D eigenvalue weighted by Crippen LogP contribution is 2.19. The highest BCUT2D eigenvalue weighted by Gasteiger charge is 2.04. The summed E-state index contributed by atoms with van der Waals surface area (Å²) in [6.07, 6.45) is 3.48. The van der Waals surface area contributed by atoms with E-state index in [0.717, 1.165) is 16.3 Å². The van der Waals surface area contributed by atoms with Crippen molar-refractivity contribution in [3.8, 4) is 0 Å². The van der Waals surface area contributed by atoms with Gasteiger partial charge in [-0.2, -0.15) is 10.2 Å². The molecule has 0 saturated heterocycles. The number of rotatable bonds is 2. The van der Waals surface area contributed by atoms with Crippen molar-refractivity contribution in [1.82, 2.24) is 10.2 Å². The largest absolute Gasteiger partial charge is 0.396 e. The zero-order valence-electron chi connectivity index (χ0n) is 8.01. The summed E-state index contributed by atoms with van der Waals surface area (Å²) in [4.78, 5) is 0. The van der Waals surface area contributed by atoms with Crippen molar-refractivity contribution in [2.24, 2.45) is 0 Å². The molecule has 0 spiro atoms. The minimum absolute atomic E-state index is 0.171. The van der Waals surface area contributed by atoms with E-state index in [2.05, 4.69) is 10.2 Å². The lowest BCUT2D eigenvalue weighted by Crippen LogP contribution is -1.98. The van der Waals surface area contributed by atoms with Crippen LogP contribution < -0.4 is 0 Å². The summed E-state index contributed by atoms with van der Waals surface area (Å²) in [5.41, 5.74) is 1.13. The molecule has 2 aromatic rings. The molecule has 14 heavy (non-hydrogen) atoms. The van der Waals surface area contributed by atoms with Crippen molar-refractivity contribution in [3.05, 3.63) is 36.2 Å². The Balaban J connectivity index is 2.51. The number of benzene rings is 1. The summed E-state index contributed by atoms with van der Waals surface area (Å²) in [5, 5.41) is 18.8. The smallest absolute Gasteiger partial charge is 0.0574 e. The van der Waals surface area contributed by atoms with E-state index in [0.29, 0.717) is 0 Å². The van der Waals surface area contributed by atoms with Crippen LogP contribution in [0.3, 0.4) is 0 Å². The zero-order chi connectivity index (χ0) is 9.97. The van der Waals surface area contributed by atoms with Gasteiger partial charge in [0, 0.05) is 23.3 Å². The first-order chi connectivity index (χ1) is 6.81. The third kappa shape index (κ3) is 1.59. The first-order valence-electron chi connectivity index (χ1n) is 4.62. The number of fused-ring (bicyclic) bond motifs is 1. The number of hydrogen-bond donors (Lipinski definition) is 1. The first kappa shape index (κ1) is 9.09. The zero-order valence-corrected chi connectivity index (χ0v) is 8.01. The Hall–Kier alpha value is -1.48. The molecule has 0 aliphatic rings. The molecule has 1 unspecified atom stereocenters. The van der Waals surface area contributed by atoms with Gasteiger partial charge in [0.15, 0.2) is 0 Å². The highest BCUT2D eigenvalue weighted by atomic mass is 16.3. The Morgan fingerprint density at radius 1 is 1.21 bits per heavy atom. The molecule has 0 fully saturated rings. The van der Waals surface area contributed by atoms with E-state index in [-0.39, 0.29) is 12.5 Å². The molecule has 3 nitrogen and oxygen atoms in total. The number of nitrogens with zero attached hydrogens (tertiary/aromatic N) is 2. The summed E-state index contributed by atoms with van der Waals surface area (Å²) in [6, 6.07) is 6.07. The molecule has 2 rings (SSSR count). The molecular weight excluding hydrogens is 176 g/mol. The molecule has 1 aromatic heterocycles. The van der Waals surface area contributed by atoms with Gasteiger partial charge in [0.25, 0.3) is 0 Å². The van der Waals surface area contributed by atoms with E-state index < -0.39 is 0 Å². The molecule has 0 radical (unpaired) electrons. The summed E-state index contributed by atoms with van der Waals surface area (Å²) < 4.78 is 0. The maximum Gasteiger partial charge on any atom is 0.0574 e. The van der Waals surface area contributed by atoms with Crippen LogP contribution in [0.25, 0.3) is 10.8 Å². The standard InChI is InChI=1S/C11H12N2O/c1-8(7-14)9-2-3-10-5-12-13-6-11(10)4-9/h2-6,8,14H,7H2,1H3. The Morgan fingerprint density at radius 2 is 1.93 bits per heavy atom. The van der Waals surface area contributed by atoms with Crippen LogP contribution in [0.4, 0.5) is 0 Å². The van der Waals surface area contributed by atoms with Gasteiger partial charge in [-0.15, -0.1) is 0 Å². The topological polar surface area (TPSA) is 46.0 Å². The fourth-order valence-corrected chi connectivity index (χ4v) is 1.43. The van der Waals surface area contributed by atoms with E-state index >= 15 is 0 Å². The van der Waals surface area contributed by atoms with Crippen molar-refractivity contribution in [1.29, 1.82) is 0 Å². The van der Waals surface area contributed by atoms with Crippen molar-refractivity contribution in [2.45, 2.75) is 12.8 Å². The molecule has 1 aromatic carbocycles. The highest BCUT2D eigenvalue weighted by molar-refractivity contribution is 5.81. The molecule has 0 bridgehead atoms. The average Bonchev–Trinajstić information content (AvgIpc) is 2.27. The van der Waals surface area contributed by atoms with Gasteiger partial charge in [0.05, 0.1) is 12.4 Å². The number of aliphatic hydroxyl groups excluding tert-OH is 1. The minimum atomic E-state index is 0.171. The average molecular weight is 188 g/mol. The summed E-state index contributed by atoms with van der Waals surface area (Å²) >= 11 is 0. The summed E-state index contributed by atoms with van der Waals surface area (Å²) in [6.45, 7) is 2.17. The Labute approximate surface area is 82.4 Å². The molecule has 0 saturated carbocycles. The van der Waals surface area contributed by atoms with Crippen LogP contribution in [0.2, 0.25) is 0 Å². The van der Waals surface area contributed by atoms with Crippen LogP contribution in [0, 0.1) is 0 Å². The van der Waals surface area contributed by atoms with Crippen LogP contribution in [-0.2, 0) is 0 Å². The van der Waals surface area contributed by atoms with Crippen molar-refractivity contribution in [2.75, 3.05) is 6.61 Å². The number of hydrogen-bond acceptors (Lipinski definition) is 3. The van der Waals surface area contributed by atoms with Crippen molar-refractivity contribution < 1.29 is 5.11 Å². The van der Waals surface area contributed by atoms with Crippen LogP contribution in [0.1, 0.15) is 18.4 Å². The third-order valence-electron chi connectivity index (χ3n) is 2.41. The van der Waals surface area contributed by atoms with Gasteiger partial charge in [-0.1, -0.05) is 19.1 Å². The lowest BCUT2D eigenvalue weighted by Gasteiger charge is -2.08. The second-order valence-corrected chi connectivity index (χ2v) is 3.46. The molecule has 3 heteroatoms. The quantitative estimate of drug-likeness (QED) is 0.780. The van der Waals surface area contributed by atoms with Crippen LogP contribution in [-0.4, -0.2) is 21.9 Å². The molecule has 1 atom stereocenters.